The van der Waals surface area contributed by atoms with Crippen molar-refractivity contribution in [3.05, 3.63) is 22.5 Å². The molecule has 2 rings (SSSR count). The zero-order valence-electron chi connectivity index (χ0n) is 7.65. The summed E-state index contributed by atoms with van der Waals surface area (Å²) in [4.78, 5) is 3.09. The fraction of sp³-hybridized carbons (Fsp3) is 0.600. The smallest absolute Gasteiger partial charge is 0.109 e. The number of hydrogen-bond acceptors (Lipinski definition) is 1. The number of H-pyrrole nitrogens is 1. The van der Waals surface area contributed by atoms with Crippen LogP contribution in [0.5, 0.6) is 0 Å². The van der Waals surface area contributed by atoms with Crippen LogP contribution >= 0.6 is 11.6 Å². The van der Waals surface area contributed by atoms with Crippen molar-refractivity contribution in [2.75, 3.05) is 6.54 Å². The topological polar surface area (TPSA) is 41.8 Å². The van der Waals surface area contributed by atoms with E-state index in [-0.39, 0.29) is 0 Å². The first-order valence-electron chi connectivity index (χ1n) is 4.88. The Labute approximate surface area is 83.5 Å². The Morgan fingerprint density at radius 3 is 3.23 bits per heavy atom. The third-order valence-corrected chi connectivity index (χ3v) is 3.24. The van der Waals surface area contributed by atoms with Crippen LogP contribution in [-0.2, 0) is 6.42 Å². The molecule has 3 N–H and O–H groups in total. The van der Waals surface area contributed by atoms with Crippen LogP contribution in [0, 0.1) is 0 Å². The number of aromatic amines is 1. The van der Waals surface area contributed by atoms with Gasteiger partial charge in [0, 0.05) is 6.20 Å². The number of fused-ring (bicyclic) bond motifs is 1. The second-order valence-electron chi connectivity index (χ2n) is 3.70. The minimum absolute atomic E-state index is 0.637. The first kappa shape index (κ1) is 9.10. The third-order valence-electron chi connectivity index (χ3n) is 2.90. The molecule has 13 heavy (non-hydrogen) atoms. The van der Waals surface area contributed by atoms with Gasteiger partial charge in [-0.15, -0.1) is 0 Å². The van der Waals surface area contributed by atoms with E-state index in [0.717, 1.165) is 24.5 Å². The summed E-state index contributed by atoms with van der Waals surface area (Å²) in [5, 5.41) is 0.830. The van der Waals surface area contributed by atoms with Gasteiger partial charge in [0.05, 0.1) is 0 Å². The second kappa shape index (κ2) is 3.72. The average molecular weight is 199 g/mol. The van der Waals surface area contributed by atoms with Crippen molar-refractivity contribution in [2.24, 2.45) is 5.73 Å². The first-order valence-corrected chi connectivity index (χ1v) is 5.26. The number of nitrogens with one attached hydrogen (secondary N) is 1. The molecular formula is C10H15ClN2. The molecule has 0 spiro atoms. The summed E-state index contributed by atoms with van der Waals surface area (Å²) in [7, 11) is 0. The molecule has 72 valence electrons. The Hall–Kier alpha value is -0.470. The number of halogens is 1. The van der Waals surface area contributed by atoms with Crippen LogP contribution in [0.3, 0.4) is 0 Å². The van der Waals surface area contributed by atoms with E-state index in [9.17, 15) is 0 Å². The van der Waals surface area contributed by atoms with Crippen LogP contribution in [0.4, 0.5) is 0 Å². The van der Waals surface area contributed by atoms with E-state index in [4.69, 9.17) is 17.3 Å². The molecule has 0 amide bonds. The summed E-state index contributed by atoms with van der Waals surface area (Å²) in [6, 6.07) is 0. The molecule has 0 radical (unpaired) electrons. The highest BCUT2D eigenvalue weighted by Gasteiger charge is 2.22. The maximum atomic E-state index is 6.04. The Morgan fingerprint density at radius 1 is 1.62 bits per heavy atom. The predicted molar refractivity (Wildman–Crippen MR) is 55.2 cm³/mol. The van der Waals surface area contributed by atoms with Crippen molar-refractivity contribution in [1.82, 2.24) is 4.98 Å². The van der Waals surface area contributed by atoms with Gasteiger partial charge in [0.1, 0.15) is 5.15 Å². The van der Waals surface area contributed by atoms with E-state index in [2.05, 4.69) is 11.2 Å². The Morgan fingerprint density at radius 2 is 2.46 bits per heavy atom. The van der Waals surface area contributed by atoms with Gasteiger partial charge >= 0.3 is 0 Å². The molecule has 1 aliphatic rings. The highest BCUT2D eigenvalue weighted by atomic mass is 35.5. The van der Waals surface area contributed by atoms with Crippen LogP contribution in [-0.4, -0.2) is 11.5 Å². The highest BCUT2D eigenvalue weighted by molar-refractivity contribution is 6.30. The zero-order chi connectivity index (χ0) is 9.26. The van der Waals surface area contributed by atoms with Crippen LogP contribution in [0.2, 0.25) is 5.15 Å². The molecule has 1 aromatic heterocycles. The van der Waals surface area contributed by atoms with Crippen molar-refractivity contribution in [2.45, 2.75) is 31.6 Å². The monoisotopic (exact) mass is 198 g/mol. The van der Waals surface area contributed by atoms with Gasteiger partial charge in [0.25, 0.3) is 0 Å². The molecule has 1 aliphatic carbocycles. The first-order chi connectivity index (χ1) is 6.33. The minimum Gasteiger partial charge on any atom is -0.352 e. The fourth-order valence-corrected chi connectivity index (χ4v) is 2.50. The molecule has 1 unspecified atom stereocenters. The van der Waals surface area contributed by atoms with Crippen molar-refractivity contribution >= 4 is 11.6 Å². The number of aromatic nitrogens is 1. The van der Waals surface area contributed by atoms with Crippen LogP contribution < -0.4 is 5.73 Å². The molecule has 0 saturated heterocycles. The molecule has 1 heterocycles. The Balaban J connectivity index is 2.27. The maximum absolute atomic E-state index is 6.04. The predicted octanol–water partition coefficient (Wildman–Crippen LogP) is 2.44. The average Bonchev–Trinajstić information content (AvgIpc) is 2.50. The lowest BCUT2D eigenvalue weighted by molar-refractivity contribution is 0.528. The number of rotatable bonds is 2. The van der Waals surface area contributed by atoms with Crippen LogP contribution in [0.25, 0.3) is 0 Å². The Kier molecular flexibility index (Phi) is 2.61. The van der Waals surface area contributed by atoms with Crippen molar-refractivity contribution < 1.29 is 0 Å². The van der Waals surface area contributed by atoms with E-state index >= 15 is 0 Å². The van der Waals surface area contributed by atoms with Crippen molar-refractivity contribution in [3.63, 3.8) is 0 Å². The minimum atomic E-state index is 0.637. The molecular weight excluding hydrogens is 184 g/mol. The van der Waals surface area contributed by atoms with Gasteiger partial charge in [-0.2, -0.15) is 0 Å². The third kappa shape index (κ3) is 1.61. The van der Waals surface area contributed by atoms with Gasteiger partial charge in [-0.3, -0.25) is 0 Å². The molecule has 1 atom stereocenters. The number of hydrogen-bond donors (Lipinski definition) is 2. The SMILES string of the molecule is NCCC1CCCc2c1c[nH]c2Cl. The summed E-state index contributed by atoms with van der Waals surface area (Å²) < 4.78 is 0. The van der Waals surface area contributed by atoms with Crippen LogP contribution in [0.1, 0.15) is 36.3 Å². The van der Waals surface area contributed by atoms with Gasteiger partial charge in [0.15, 0.2) is 0 Å². The lowest BCUT2D eigenvalue weighted by Gasteiger charge is -2.21. The second-order valence-corrected chi connectivity index (χ2v) is 4.08. The van der Waals surface area contributed by atoms with E-state index in [1.54, 1.807) is 0 Å². The van der Waals surface area contributed by atoms with Gasteiger partial charge in [-0.25, -0.2) is 0 Å². The molecule has 1 aromatic rings. The van der Waals surface area contributed by atoms with Crippen molar-refractivity contribution in [3.8, 4) is 0 Å². The summed E-state index contributed by atoms with van der Waals surface area (Å²) in [5.74, 6) is 0.637. The van der Waals surface area contributed by atoms with E-state index in [0.29, 0.717) is 5.92 Å². The summed E-state index contributed by atoms with van der Waals surface area (Å²) in [6.07, 6.45) is 6.77. The molecule has 2 nitrogen and oxygen atoms in total. The lowest BCUT2D eigenvalue weighted by Crippen LogP contribution is -2.12. The summed E-state index contributed by atoms with van der Waals surface area (Å²) in [5.41, 5.74) is 8.31. The lowest BCUT2D eigenvalue weighted by atomic mass is 9.84. The van der Waals surface area contributed by atoms with Gasteiger partial charge in [0.2, 0.25) is 0 Å². The van der Waals surface area contributed by atoms with E-state index in [1.165, 1.54) is 24.0 Å². The molecule has 0 aromatic carbocycles. The molecule has 3 heteroatoms. The zero-order valence-corrected chi connectivity index (χ0v) is 8.40. The normalized spacial score (nSPS) is 21.5. The molecule has 0 fully saturated rings. The largest absolute Gasteiger partial charge is 0.352 e. The van der Waals surface area contributed by atoms with E-state index in [1.807, 2.05) is 0 Å². The quantitative estimate of drug-likeness (QED) is 0.753. The molecule has 0 aliphatic heterocycles. The van der Waals surface area contributed by atoms with Crippen LogP contribution in [0.15, 0.2) is 6.20 Å². The molecule has 0 saturated carbocycles. The van der Waals surface area contributed by atoms with Crippen molar-refractivity contribution in [1.29, 1.82) is 0 Å². The van der Waals surface area contributed by atoms with Gasteiger partial charge < -0.3 is 10.7 Å². The fourth-order valence-electron chi connectivity index (χ4n) is 2.24. The number of nitrogens with two attached hydrogens (primary N) is 1. The standard InChI is InChI=1S/C10H15ClN2/c11-10-8-3-1-2-7(4-5-12)9(8)6-13-10/h6-7,13H,1-5,12H2. The van der Waals surface area contributed by atoms with Gasteiger partial charge in [-0.05, 0) is 49.3 Å². The maximum Gasteiger partial charge on any atom is 0.109 e. The highest BCUT2D eigenvalue weighted by Crippen LogP contribution is 2.36. The molecule has 0 bridgehead atoms. The van der Waals surface area contributed by atoms with E-state index < -0.39 is 0 Å². The Bertz CT molecular complexity index is 293. The summed E-state index contributed by atoms with van der Waals surface area (Å²) in [6.45, 7) is 0.771. The van der Waals surface area contributed by atoms with Gasteiger partial charge in [-0.1, -0.05) is 11.6 Å². The summed E-state index contributed by atoms with van der Waals surface area (Å²) >= 11 is 6.04.